The van der Waals surface area contributed by atoms with Crippen LogP contribution >= 0.6 is 0 Å². The average molecular weight is 268 g/mol. The molecule has 0 saturated carbocycles. The van der Waals surface area contributed by atoms with Crippen molar-refractivity contribution in [3.05, 3.63) is 6.92 Å². The molecular formula is C19H39-. The van der Waals surface area contributed by atoms with Gasteiger partial charge in [-0.1, -0.05) is 110 Å². The standard InChI is InChI=1S/C19H39/c1-4-6-8-9-10-11-12-13-14-15-16-18-19(3)17-7-5-2/h19H,3-18H2,1-2H3/q-1. The maximum absolute atomic E-state index is 4.26. The molecule has 0 heteroatoms. The SMILES string of the molecule is [CH2-]C(CCCC)CCCCCCCCCCCCC. The first kappa shape index (κ1) is 19.0. The largest absolute Gasteiger partial charge is 0.340 e. The zero-order valence-corrected chi connectivity index (χ0v) is 13.9. The second kappa shape index (κ2) is 16.1. The van der Waals surface area contributed by atoms with Crippen molar-refractivity contribution in [2.75, 3.05) is 0 Å². The van der Waals surface area contributed by atoms with E-state index < -0.39 is 0 Å². The summed E-state index contributed by atoms with van der Waals surface area (Å²) >= 11 is 0. The molecular weight excluding hydrogens is 228 g/mol. The van der Waals surface area contributed by atoms with Crippen LogP contribution in [0.2, 0.25) is 0 Å². The Morgan fingerprint density at radius 2 is 0.895 bits per heavy atom. The van der Waals surface area contributed by atoms with Gasteiger partial charge in [-0.05, 0) is 0 Å². The molecule has 0 saturated heterocycles. The summed E-state index contributed by atoms with van der Waals surface area (Å²) in [6.07, 6.45) is 21.3. The fraction of sp³-hybridized carbons (Fsp3) is 0.947. The van der Waals surface area contributed by atoms with E-state index in [2.05, 4.69) is 20.8 Å². The van der Waals surface area contributed by atoms with Crippen molar-refractivity contribution in [3.63, 3.8) is 0 Å². The van der Waals surface area contributed by atoms with Crippen LogP contribution < -0.4 is 0 Å². The minimum Gasteiger partial charge on any atom is -0.340 e. The molecule has 0 aromatic rings. The fourth-order valence-electron chi connectivity index (χ4n) is 2.73. The maximum atomic E-state index is 4.26. The van der Waals surface area contributed by atoms with E-state index in [1.807, 2.05) is 0 Å². The van der Waals surface area contributed by atoms with E-state index in [9.17, 15) is 0 Å². The van der Waals surface area contributed by atoms with Crippen LogP contribution in [0.1, 0.15) is 110 Å². The molecule has 0 aromatic carbocycles. The van der Waals surface area contributed by atoms with Crippen molar-refractivity contribution in [2.24, 2.45) is 5.92 Å². The number of hydrogen-bond acceptors (Lipinski definition) is 0. The van der Waals surface area contributed by atoms with Gasteiger partial charge in [-0.3, -0.25) is 0 Å². The summed E-state index contributed by atoms with van der Waals surface area (Å²) in [7, 11) is 0. The van der Waals surface area contributed by atoms with E-state index in [4.69, 9.17) is 0 Å². The summed E-state index contributed by atoms with van der Waals surface area (Å²) in [6.45, 7) is 8.82. The van der Waals surface area contributed by atoms with E-state index in [0.717, 1.165) is 5.92 Å². The van der Waals surface area contributed by atoms with Gasteiger partial charge in [0.15, 0.2) is 0 Å². The van der Waals surface area contributed by atoms with Crippen LogP contribution in [0, 0.1) is 12.8 Å². The molecule has 0 aliphatic rings. The number of hydrogen-bond donors (Lipinski definition) is 0. The van der Waals surface area contributed by atoms with Crippen LogP contribution in [0.5, 0.6) is 0 Å². The van der Waals surface area contributed by atoms with Crippen LogP contribution in [0.25, 0.3) is 0 Å². The molecule has 0 amide bonds. The van der Waals surface area contributed by atoms with Crippen molar-refractivity contribution in [2.45, 2.75) is 110 Å². The Labute approximate surface area is 123 Å². The highest BCUT2D eigenvalue weighted by atomic mass is 14.1. The van der Waals surface area contributed by atoms with E-state index in [1.165, 1.54) is 96.3 Å². The first-order valence-corrected chi connectivity index (χ1v) is 9.14. The monoisotopic (exact) mass is 267 g/mol. The predicted molar refractivity (Wildman–Crippen MR) is 89.5 cm³/mol. The zero-order valence-electron chi connectivity index (χ0n) is 13.9. The van der Waals surface area contributed by atoms with Crippen molar-refractivity contribution >= 4 is 0 Å². The van der Waals surface area contributed by atoms with Gasteiger partial charge in [-0.15, -0.1) is 0 Å². The fourth-order valence-corrected chi connectivity index (χ4v) is 2.73. The minimum atomic E-state index is 0.721. The van der Waals surface area contributed by atoms with Gasteiger partial charge in [-0.25, -0.2) is 0 Å². The van der Waals surface area contributed by atoms with Crippen LogP contribution in [0.15, 0.2) is 0 Å². The first-order chi connectivity index (χ1) is 9.31. The molecule has 1 atom stereocenters. The molecule has 1 unspecified atom stereocenters. The highest BCUT2D eigenvalue weighted by Crippen LogP contribution is 2.17. The summed E-state index contributed by atoms with van der Waals surface area (Å²) in [6, 6.07) is 0. The first-order valence-electron chi connectivity index (χ1n) is 9.14. The van der Waals surface area contributed by atoms with Gasteiger partial charge in [0.2, 0.25) is 0 Å². The Morgan fingerprint density at radius 1 is 0.526 bits per heavy atom. The van der Waals surface area contributed by atoms with Gasteiger partial charge >= 0.3 is 0 Å². The van der Waals surface area contributed by atoms with Crippen LogP contribution in [-0.4, -0.2) is 0 Å². The minimum absolute atomic E-state index is 0.721. The van der Waals surface area contributed by atoms with Crippen LogP contribution in [0.4, 0.5) is 0 Å². The van der Waals surface area contributed by atoms with Gasteiger partial charge in [0.25, 0.3) is 0 Å². The molecule has 0 radical (unpaired) electrons. The molecule has 116 valence electrons. The van der Waals surface area contributed by atoms with E-state index in [1.54, 1.807) is 0 Å². The Hall–Kier alpha value is 0. The molecule has 0 bridgehead atoms. The van der Waals surface area contributed by atoms with E-state index in [-0.39, 0.29) is 0 Å². The van der Waals surface area contributed by atoms with Gasteiger partial charge in [-0.2, -0.15) is 5.92 Å². The topological polar surface area (TPSA) is 0 Å². The maximum Gasteiger partial charge on any atom is -0.0533 e. The lowest BCUT2D eigenvalue weighted by molar-refractivity contribution is 0.473. The summed E-state index contributed by atoms with van der Waals surface area (Å²) < 4.78 is 0. The second-order valence-corrected chi connectivity index (χ2v) is 6.33. The van der Waals surface area contributed by atoms with Gasteiger partial charge in [0.1, 0.15) is 0 Å². The molecule has 0 fully saturated rings. The van der Waals surface area contributed by atoms with Crippen molar-refractivity contribution in [1.29, 1.82) is 0 Å². The number of rotatable bonds is 15. The Balaban J connectivity index is 3.02. The summed E-state index contributed by atoms with van der Waals surface area (Å²) in [5.74, 6) is 0.721. The molecule has 0 aromatic heterocycles. The Kier molecular flexibility index (Phi) is 16.1. The molecule has 0 rings (SSSR count). The highest BCUT2D eigenvalue weighted by molar-refractivity contribution is 4.61. The van der Waals surface area contributed by atoms with E-state index in [0.29, 0.717) is 0 Å². The quantitative estimate of drug-likeness (QED) is 0.215. The summed E-state index contributed by atoms with van der Waals surface area (Å²) in [5, 5.41) is 0. The predicted octanol–water partition coefficient (Wildman–Crippen LogP) is 7.33. The van der Waals surface area contributed by atoms with Crippen LogP contribution in [0.3, 0.4) is 0 Å². The molecule has 0 spiro atoms. The molecule has 19 heavy (non-hydrogen) atoms. The van der Waals surface area contributed by atoms with Gasteiger partial charge in [0, 0.05) is 0 Å². The zero-order chi connectivity index (χ0) is 14.2. The van der Waals surface area contributed by atoms with Crippen molar-refractivity contribution < 1.29 is 0 Å². The van der Waals surface area contributed by atoms with E-state index >= 15 is 0 Å². The third kappa shape index (κ3) is 15.9. The Bertz CT molecular complexity index is 150. The smallest absolute Gasteiger partial charge is 0.0533 e. The summed E-state index contributed by atoms with van der Waals surface area (Å²) in [4.78, 5) is 0. The lowest BCUT2D eigenvalue weighted by Crippen LogP contribution is -1.94. The molecule has 0 aliphatic heterocycles. The third-order valence-corrected chi connectivity index (χ3v) is 4.18. The molecule has 0 nitrogen and oxygen atoms in total. The van der Waals surface area contributed by atoms with Crippen molar-refractivity contribution in [1.82, 2.24) is 0 Å². The van der Waals surface area contributed by atoms with Crippen molar-refractivity contribution in [3.8, 4) is 0 Å². The third-order valence-electron chi connectivity index (χ3n) is 4.18. The van der Waals surface area contributed by atoms with Gasteiger partial charge in [0.05, 0.1) is 0 Å². The lowest BCUT2D eigenvalue weighted by atomic mass is 9.97. The summed E-state index contributed by atoms with van der Waals surface area (Å²) in [5.41, 5.74) is 0. The lowest BCUT2D eigenvalue weighted by Gasteiger charge is -2.16. The normalized spacial score (nSPS) is 12.8. The average Bonchev–Trinajstić information content (AvgIpc) is 2.42. The van der Waals surface area contributed by atoms with Crippen LogP contribution in [-0.2, 0) is 0 Å². The molecule has 0 N–H and O–H groups in total. The molecule has 0 heterocycles. The molecule has 0 aliphatic carbocycles. The Morgan fingerprint density at radius 3 is 1.37 bits per heavy atom. The highest BCUT2D eigenvalue weighted by Gasteiger charge is 1.96. The second-order valence-electron chi connectivity index (χ2n) is 6.33. The van der Waals surface area contributed by atoms with Gasteiger partial charge < -0.3 is 6.92 Å². The number of unbranched alkanes of at least 4 members (excludes halogenated alkanes) is 11.